The van der Waals surface area contributed by atoms with Gasteiger partial charge < -0.3 is 18.9 Å². The van der Waals surface area contributed by atoms with Crippen LogP contribution < -0.4 is 9.64 Å². The number of alkyl halides is 3. The van der Waals surface area contributed by atoms with Gasteiger partial charge >= 0.3 is 6.36 Å². The lowest BCUT2D eigenvalue weighted by Gasteiger charge is -2.37. The van der Waals surface area contributed by atoms with Crippen molar-refractivity contribution in [2.45, 2.75) is 24.0 Å². The van der Waals surface area contributed by atoms with Crippen molar-refractivity contribution in [1.29, 1.82) is 0 Å². The second-order valence-corrected chi connectivity index (χ2v) is 10.5. The number of nitrogens with zero attached hydrogens (tertiary/aromatic N) is 5. The van der Waals surface area contributed by atoms with E-state index in [9.17, 15) is 21.6 Å². The summed E-state index contributed by atoms with van der Waals surface area (Å²) in [6.07, 6.45) is 1.20. The van der Waals surface area contributed by atoms with Crippen molar-refractivity contribution in [2.24, 2.45) is 0 Å². The first kappa shape index (κ1) is 25.0. The fourth-order valence-electron chi connectivity index (χ4n) is 4.29. The summed E-state index contributed by atoms with van der Waals surface area (Å²) in [5.74, 6) is 0.387. The van der Waals surface area contributed by atoms with Crippen LogP contribution in [0.4, 0.5) is 19.0 Å². The third-order valence-electron chi connectivity index (χ3n) is 5.96. The number of sulfone groups is 1. The molecule has 0 spiro atoms. The molecule has 0 radical (unpaired) electrons. The molecule has 0 aliphatic carbocycles. The Kier molecular flexibility index (Phi) is 6.50. The summed E-state index contributed by atoms with van der Waals surface area (Å²) < 4.78 is 72.5. The highest BCUT2D eigenvalue weighted by Gasteiger charge is 2.32. The van der Waals surface area contributed by atoms with Crippen LogP contribution in [0.25, 0.3) is 11.0 Å². The van der Waals surface area contributed by atoms with E-state index < -0.39 is 16.2 Å². The van der Waals surface area contributed by atoms with Crippen LogP contribution in [0.3, 0.4) is 0 Å². The average Bonchev–Trinajstić information content (AvgIpc) is 3.26. The van der Waals surface area contributed by atoms with Gasteiger partial charge in [-0.15, -0.1) is 13.2 Å². The molecule has 9 nitrogen and oxygen atoms in total. The maximum Gasteiger partial charge on any atom is 0.573 e. The maximum absolute atomic E-state index is 12.5. The topological polar surface area (TPSA) is 99.4 Å². The van der Waals surface area contributed by atoms with E-state index in [1.165, 1.54) is 30.7 Å². The van der Waals surface area contributed by atoms with Gasteiger partial charge in [-0.25, -0.2) is 23.4 Å². The van der Waals surface area contributed by atoms with Gasteiger partial charge in [-0.2, -0.15) is 0 Å². The number of fused-ring (bicyclic) bond motifs is 1. The van der Waals surface area contributed by atoms with Crippen molar-refractivity contribution in [3.63, 3.8) is 0 Å². The maximum atomic E-state index is 12.5. The monoisotopic (exact) mass is 533 g/mol. The molecule has 0 saturated carbocycles. The molecular formula is C24H22F3N5O4S. The summed E-state index contributed by atoms with van der Waals surface area (Å²) >= 11 is 0. The van der Waals surface area contributed by atoms with Crippen LogP contribution in [0, 0.1) is 0 Å². The van der Waals surface area contributed by atoms with Crippen LogP contribution in [0.1, 0.15) is 17.2 Å². The van der Waals surface area contributed by atoms with Crippen molar-refractivity contribution in [1.82, 2.24) is 19.5 Å². The molecular weight excluding hydrogens is 511 g/mol. The van der Waals surface area contributed by atoms with E-state index in [-0.39, 0.29) is 16.8 Å². The van der Waals surface area contributed by atoms with Gasteiger partial charge in [-0.1, -0.05) is 18.2 Å². The van der Waals surface area contributed by atoms with Gasteiger partial charge in [0.05, 0.1) is 31.2 Å². The van der Waals surface area contributed by atoms with Gasteiger partial charge in [-0.3, -0.25) is 0 Å². The molecule has 1 fully saturated rings. The minimum atomic E-state index is -4.76. The van der Waals surface area contributed by atoms with Gasteiger partial charge in [0.2, 0.25) is 0 Å². The number of aromatic nitrogens is 4. The number of benzene rings is 1. The van der Waals surface area contributed by atoms with E-state index >= 15 is 0 Å². The van der Waals surface area contributed by atoms with Crippen molar-refractivity contribution in [2.75, 3.05) is 30.9 Å². The number of ether oxygens (including phenoxy) is 2. The van der Waals surface area contributed by atoms with Gasteiger partial charge in [-0.05, 0) is 35.4 Å². The average molecular weight is 534 g/mol. The molecule has 194 valence electrons. The number of hydrogen-bond acceptors (Lipinski definition) is 8. The van der Waals surface area contributed by atoms with Crippen LogP contribution >= 0.6 is 0 Å². The molecule has 0 unspecified atom stereocenters. The Hall–Kier alpha value is -3.71. The first-order valence-corrected chi connectivity index (χ1v) is 13.1. The molecule has 1 atom stereocenters. The summed E-state index contributed by atoms with van der Waals surface area (Å²) in [7, 11) is -3.38. The Morgan fingerprint density at radius 2 is 1.86 bits per heavy atom. The van der Waals surface area contributed by atoms with Crippen LogP contribution in [0.5, 0.6) is 5.75 Å². The molecule has 4 heterocycles. The normalized spacial score (nSPS) is 16.8. The standard InChI is InChI=1S/C24H22F3N5O4S/c1-37(33,34)21-7-2-16(12-28-21)13-31-9-8-19-22(31)29-15-30-23(19)32-10-11-35-14-20(32)17-3-5-18(6-4-17)36-24(25,26)27/h2-9,12,15,20H,10-11,13-14H2,1H3/t20-/m1/s1. The van der Waals surface area contributed by atoms with Crippen molar-refractivity contribution < 1.29 is 31.1 Å². The number of hydrogen-bond donors (Lipinski definition) is 0. The van der Waals surface area contributed by atoms with Crippen molar-refractivity contribution >= 4 is 26.7 Å². The molecule has 13 heteroatoms. The molecule has 37 heavy (non-hydrogen) atoms. The second kappa shape index (κ2) is 9.63. The third kappa shape index (κ3) is 5.52. The number of morpholine rings is 1. The number of halogens is 3. The molecule has 0 amide bonds. The molecule has 5 rings (SSSR count). The van der Waals surface area contributed by atoms with Crippen molar-refractivity contribution in [3.8, 4) is 5.75 Å². The van der Waals surface area contributed by atoms with E-state index in [1.807, 2.05) is 16.8 Å². The molecule has 0 bridgehead atoms. The largest absolute Gasteiger partial charge is 0.573 e. The Balaban J connectivity index is 1.42. The Morgan fingerprint density at radius 1 is 1.08 bits per heavy atom. The number of anilines is 1. The smallest absolute Gasteiger partial charge is 0.406 e. The summed E-state index contributed by atoms with van der Waals surface area (Å²) in [5.41, 5.74) is 2.24. The lowest BCUT2D eigenvalue weighted by Crippen LogP contribution is -2.40. The van der Waals surface area contributed by atoms with E-state index in [1.54, 1.807) is 18.2 Å². The molecule has 1 aliphatic rings. The van der Waals surface area contributed by atoms with Crippen LogP contribution in [-0.2, 0) is 21.1 Å². The minimum Gasteiger partial charge on any atom is -0.406 e. The quantitative estimate of drug-likeness (QED) is 0.370. The van der Waals surface area contributed by atoms with Crippen LogP contribution in [0.15, 0.2) is 66.2 Å². The van der Waals surface area contributed by atoms with E-state index in [2.05, 4.69) is 24.6 Å². The molecule has 0 N–H and O–H groups in total. The zero-order valence-electron chi connectivity index (χ0n) is 19.6. The minimum absolute atomic E-state index is 0.00888. The van der Waals surface area contributed by atoms with E-state index in [0.717, 1.165) is 22.8 Å². The first-order chi connectivity index (χ1) is 17.6. The number of rotatable bonds is 6. The van der Waals surface area contributed by atoms with E-state index in [4.69, 9.17) is 4.74 Å². The van der Waals surface area contributed by atoms with Crippen LogP contribution in [0.2, 0.25) is 0 Å². The highest BCUT2D eigenvalue weighted by atomic mass is 32.2. The van der Waals surface area contributed by atoms with Gasteiger partial charge in [0.15, 0.2) is 14.9 Å². The van der Waals surface area contributed by atoms with Crippen molar-refractivity contribution in [3.05, 3.63) is 72.3 Å². The fraction of sp³-hybridized carbons (Fsp3) is 0.292. The predicted octanol–water partition coefficient (Wildman–Crippen LogP) is 3.75. The summed E-state index contributed by atoms with van der Waals surface area (Å²) in [4.78, 5) is 15.1. The van der Waals surface area contributed by atoms with E-state index in [0.29, 0.717) is 37.8 Å². The Bertz CT molecular complexity index is 1510. The number of pyridine rings is 1. The summed E-state index contributed by atoms with van der Waals surface area (Å²) in [6.45, 7) is 1.75. The third-order valence-corrected chi connectivity index (χ3v) is 6.97. The fourth-order valence-corrected chi connectivity index (χ4v) is 4.85. The second-order valence-electron chi connectivity index (χ2n) is 8.56. The highest BCUT2D eigenvalue weighted by Crippen LogP contribution is 2.34. The molecule has 4 aromatic rings. The van der Waals surface area contributed by atoms with Gasteiger partial charge in [0.1, 0.15) is 23.5 Å². The lowest BCUT2D eigenvalue weighted by molar-refractivity contribution is -0.274. The first-order valence-electron chi connectivity index (χ1n) is 11.2. The predicted molar refractivity (Wildman–Crippen MR) is 128 cm³/mol. The van der Waals surface area contributed by atoms with Crippen LogP contribution in [-0.4, -0.2) is 60.3 Å². The summed E-state index contributed by atoms with van der Waals surface area (Å²) in [5, 5.41) is 0.807. The highest BCUT2D eigenvalue weighted by molar-refractivity contribution is 7.90. The molecule has 1 saturated heterocycles. The SMILES string of the molecule is CS(=O)(=O)c1ccc(Cn2ccc3c(N4CCOC[C@@H]4c4ccc(OC(F)(F)F)cc4)ncnc32)cn1. The zero-order valence-corrected chi connectivity index (χ0v) is 20.4. The zero-order chi connectivity index (χ0) is 26.2. The lowest BCUT2D eigenvalue weighted by atomic mass is 10.0. The Labute approximate surface area is 210 Å². The van der Waals surface area contributed by atoms with Gasteiger partial charge in [0.25, 0.3) is 0 Å². The molecule has 1 aliphatic heterocycles. The summed E-state index contributed by atoms with van der Waals surface area (Å²) in [6, 6.07) is 10.5. The molecule has 3 aromatic heterocycles. The Morgan fingerprint density at radius 3 is 2.54 bits per heavy atom. The van der Waals surface area contributed by atoms with Gasteiger partial charge in [0, 0.05) is 25.2 Å². The molecule has 1 aromatic carbocycles.